The summed E-state index contributed by atoms with van der Waals surface area (Å²) < 4.78 is 31.5. The summed E-state index contributed by atoms with van der Waals surface area (Å²) in [5.41, 5.74) is -0.627. The predicted octanol–water partition coefficient (Wildman–Crippen LogP) is 3.76. The molecule has 5 nitrogen and oxygen atoms in total. The van der Waals surface area contributed by atoms with Crippen LogP contribution in [0.1, 0.15) is 32.3 Å². The third-order valence-electron chi connectivity index (χ3n) is 4.27. The second-order valence-corrected chi connectivity index (χ2v) is 5.81. The van der Waals surface area contributed by atoms with Crippen molar-refractivity contribution in [2.45, 2.75) is 38.8 Å². The Bertz CT molecular complexity index is 549. The van der Waals surface area contributed by atoms with Crippen LogP contribution in [0.3, 0.4) is 0 Å². The lowest BCUT2D eigenvalue weighted by Gasteiger charge is -2.51. The van der Waals surface area contributed by atoms with Crippen molar-refractivity contribution in [3.05, 3.63) is 33.9 Å². The van der Waals surface area contributed by atoms with Gasteiger partial charge in [-0.15, -0.1) is 0 Å². The largest absolute Gasteiger partial charge is 0.381 e. The SMILES string of the molecule is COC1CC(Nc2ccc([N+](=O)[O-])cc2C(F)F)C1(C)C. The van der Waals surface area contributed by atoms with Crippen molar-refractivity contribution in [1.29, 1.82) is 0 Å². The first-order valence-corrected chi connectivity index (χ1v) is 6.63. The number of hydrogen-bond donors (Lipinski definition) is 1. The van der Waals surface area contributed by atoms with Gasteiger partial charge in [0.05, 0.1) is 11.0 Å². The Morgan fingerprint density at radius 1 is 1.48 bits per heavy atom. The minimum atomic E-state index is -2.77. The number of nitro groups is 1. The van der Waals surface area contributed by atoms with Gasteiger partial charge in [-0.3, -0.25) is 10.1 Å². The predicted molar refractivity (Wildman–Crippen MR) is 74.7 cm³/mol. The summed E-state index contributed by atoms with van der Waals surface area (Å²) in [6.45, 7) is 3.99. The summed E-state index contributed by atoms with van der Waals surface area (Å²) in [5, 5.41) is 13.8. The summed E-state index contributed by atoms with van der Waals surface area (Å²) in [4.78, 5) is 10.0. The molecule has 1 aromatic rings. The molecule has 1 N–H and O–H groups in total. The number of alkyl halides is 2. The second kappa shape index (κ2) is 5.55. The van der Waals surface area contributed by atoms with Crippen molar-refractivity contribution in [3.63, 3.8) is 0 Å². The van der Waals surface area contributed by atoms with Gasteiger partial charge >= 0.3 is 0 Å². The summed E-state index contributed by atoms with van der Waals surface area (Å²) in [6.07, 6.45) is -1.99. The number of hydrogen-bond acceptors (Lipinski definition) is 4. The molecule has 2 unspecified atom stereocenters. The van der Waals surface area contributed by atoms with Crippen molar-refractivity contribution < 1.29 is 18.4 Å². The van der Waals surface area contributed by atoms with Gasteiger partial charge in [0, 0.05) is 42.0 Å². The van der Waals surface area contributed by atoms with E-state index in [0.717, 1.165) is 6.07 Å². The molecule has 0 heterocycles. The Kier molecular flexibility index (Phi) is 4.13. The number of benzene rings is 1. The van der Waals surface area contributed by atoms with E-state index in [9.17, 15) is 18.9 Å². The van der Waals surface area contributed by atoms with Gasteiger partial charge in [-0.25, -0.2) is 8.78 Å². The van der Waals surface area contributed by atoms with Crippen molar-refractivity contribution >= 4 is 11.4 Å². The molecule has 7 heteroatoms. The van der Waals surface area contributed by atoms with E-state index in [-0.39, 0.29) is 34.5 Å². The molecule has 116 valence electrons. The van der Waals surface area contributed by atoms with E-state index in [1.54, 1.807) is 7.11 Å². The highest BCUT2D eigenvalue weighted by atomic mass is 19.3. The highest BCUT2D eigenvalue weighted by Gasteiger charge is 2.48. The lowest BCUT2D eigenvalue weighted by Crippen LogP contribution is -2.57. The van der Waals surface area contributed by atoms with Gasteiger partial charge < -0.3 is 10.1 Å². The Labute approximate surface area is 121 Å². The number of rotatable bonds is 5. The van der Waals surface area contributed by atoms with Crippen LogP contribution in [-0.4, -0.2) is 24.2 Å². The molecular weight excluding hydrogens is 282 g/mol. The lowest BCUT2D eigenvalue weighted by atomic mass is 9.64. The monoisotopic (exact) mass is 300 g/mol. The van der Waals surface area contributed by atoms with E-state index in [1.807, 2.05) is 13.8 Å². The topological polar surface area (TPSA) is 64.4 Å². The second-order valence-electron chi connectivity index (χ2n) is 5.81. The summed E-state index contributed by atoms with van der Waals surface area (Å²) in [5.74, 6) is 0. The number of non-ortho nitro benzene ring substituents is 1. The van der Waals surface area contributed by atoms with Gasteiger partial charge in [-0.05, 0) is 12.5 Å². The molecule has 0 radical (unpaired) electrons. The molecule has 2 rings (SSSR count). The fourth-order valence-corrected chi connectivity index (χ4v) is 2.69. The molecule has 2 atom stereocenters. The normalized spacial score (nSPS) is 23.7. The number of nitrogens with one attached hydrogen (secondary N) is 1. The van der Waals surface area contributed by atoms with Crippen LogP contribution in [-0.2, 0) is 4.74 Å². The molecule has 0 amide bonds. The highest BCUT2D eigenvalue weighted by Crippen LogP contribution is 2.45. The standard InChI is InChI=1S/C14H18F2N2O3/c1-14(2)11(7-12(14)21-3)17-10-5-4-8(18(19)20)6-9(10)13(15)16/h4-6,11-13,17H,7H2,1-3H3. The Balaban J connectivity index is 2.23. The van der Waals surface area contributed by atoms with Gasteiger partial charge in [0.25, 0.3) is 12.1 Å². The number of nitrogens with zero attached hydrogens (tertiary/aromatic N) is 1. The van der Waals surface area contributed by atoms with E-state index >= 15 is 0 Å². The summed E-state index contributed by atoms with van der Waals surface area (Å²) in [7, 11) is 1.62. The van der Waals surface area contributed by atoms with Crippen molar-refractivity contribution in [3.8, 4) is 0 Å². The summed E-state index contributed by atoms with van der Waals surface area (Å²) >= 11 is 0. The fraction of sp³-hybridized carbons (Fsp3) is 0.571. The molecule has 0 bridgehead atoms. The first kappa shape index (κ1) is 15.6. The maximum atomic E-state index is 13.1. The average Bonchev–Trinajstić information content (AvgIpc) is 2.42. The van der Waals surface area contributed by atoms with E-state index in [2.05, 4.69) is 5.32 Å². The smallest absolute Gasteiger partial charge is 0.270 e. The molecule has 0 aliphatic heterocycles. The maximum Gasteiger partial charge on any atom is 0.270 e. The van der Waals surface area contributed by atoms with Crippen LogP contribution in [0.5, 0.6) is 0 Å². The van der Waals surface area contributed by atoms with Gasteiger partial charge in [-0.1, -0.05) is 13.8 Å². The third kappa shape index (κ3) is 2.83. The number of halogens is 2. The van der Waals surface area contributed by atoms with Gasteiger partial charge in [-0.2, -0.15) is 0 Å². The zero-order valence-electron chi connectivity index (χ0n) is 12.1. The maximum absolute atomic E-state index is 13.1. The van der Waals surface area contributed by atoms with Crippen LogP contribution in [0.25, 0.3) is 0 Å². The lowest BCUT2D eigenvalue weighted by molar-refractivity contribution is -0.385. The van der Waals surface area contributed by atoms with Gasteiger partial charge in [0.2, 0.25) is 0 Å². The van der Waals surface area contributed by atoms with Crippen molar-refractivity contribution in [2.24, 2.45) is 5.41 Å². The minimum Gasteiger partial charge on any atom is -0.381 e. The van der Waals surface area contributed by atoms with E-state index in [4.69, 9.17) is 4.74 Å². The van der Waals surface area contributed by atoms with Crippen LogP contribution in [0, 0.1) is 15.5 Å². The van der Waals surface area contributed by atoms with Gasteiger partial charge in [0.15, 0.2) is 0 Å². The zero-order valence-corrected chi connectivity index (χ0v) is 12.1. The fourth-order valence-electron chi connectivity index (χ4n) is 2.69. The average molecular weight is 300 g/mol. The molecule has 1 aromatic carbocycles. The molecule has 1 fully saturated rings. The number of nitro benzene ring substituents is 1. The molecule has 21 heavy (non-hydrogen) atoms. The quantitative estimate of drug-likeness (QED) is 0.664. The zero-order chi connectivity index (χ0) is 15.8. The molecule has 0 saturated heterocycles. The van der Waals surface area contributed by atoms with Crippen molar-refractivity contribution in [1.82, 2.24) is 0 Å². The van der Waals surface area contributed by atoms with Crippen LogP contribution < -0.4 is 5.32 Å². The molecule has 1 aliphatic carbocycles. The van der Waals surface area contributed by atoms with Crippen molar-refractivity contribution in [2.75, 3.05) is 12.4 Å². The first-order valence-electron chi connectivity index (χ1n) is 6.63. The Hall–Kier alpha value is -1.76. The van der Waals surface area contributed by atoms with E-state index in [1.165, 1.54) is 12.1 Å². The number of ether oxygens (including phenoxy) is 1. The van der Waals surface area contributed by atoms with Crippen LogP contribution in [0.15, 0.2) is 18.2 Å². The Morgan fingerprint density at radius 2 is 2.14 bits per heavy atom. The first-order chi connectivity index (χ1) is 9.77. The molecule has 0 spiro atoms. The van der Waals surface area contributed by atoms with Crippen LogP contribution in [0.2, 0.25) is 0 Å². The highest BCUT2D eigenvalue weighted by molar-refractivity contribution is 5.57. The summed E-state index contributed by atoms with van der Waals surface area (Å²) in [6, 6.07) is 3.48. The number of methoxy groups -OCH3 is 1. The van der Waals surface area contributed by atoms with E-state index < -0.39 is 11.3 Å². The van der Waals surface area contributed by atoms with Crippen LogP contribution >= 0.6 is 0 Å². The number of anilines is 1. The Morgan fingerprint density at radius 3 is 2.62 bits per heavy atom. The molecule has 1 aliphatic rings. The van der Waals surface area contributed by atoms with Crippen LogP contribution in [0.4, 0.5) is 20.2 Å². The minimum absolute atomic E-state index is 0.0126. The van der Waals surface area contributed by atoms with E-state index in [0.29, 0.717) is 6.42 Å². The molecule has 1 saturated carbocycles. The molecular formula is C14H18F2N2O3. The molecule has 0 aromatic heterocycles. The van der Waals surface area contributed by atoms with Gasteiger partial charge in [0.1, 0.15) is 0 Å². The third-order valence-corrected chi connectivity index (χ3v) is 4.27.